The molecular formula is C36H24N2. The molecular weight excluding hydrogens is 460 g/mol. The summed E-state index contributed by atoms with van der Waals surface area (Å²) in [4.78, 5) is 0. The van der Waals surface area contributed by atoms with E-state index in [1.54, 1.807) is 9.13 Å². The van der Waals surface area contributed by atoms with Gasteiger partial charge in [-0.3, -0.25) is 0 Å². The van der Waals surface area contributed by atoms with Crippen LogP contribution in [0.15, 0.2) is 145 Å². The first kappa shape index (κ1) is 13.5. The highest BCUT2D eigenvalue weighted by Crippen LogP contribution is 2.38. The fourth-order valence-electron chi connectivity index (χ4n) is 5.50. The van der Waals surface area contributed by atoms with Crippen molar-refractivity contribution in [2.45, 2.75) is 0 Å². The lowest BCUT2D eigenvalue weighted by molar-refractivity contribution is 1.18. The van der Waals surface area contributed by atoms with Gasteiger partial charge in [0.1, 0.15) is 0 Å². The molecule has 6 aromatic carbocycles. The summed E-state index contributed by atoms with van der Waals surface area (Å²) in [7, 11) is 0. The third kappa shape index (κ3) is 3.07. The fraction of sp³-hybridized carbons (Fsp3) is 0. The van der Waals surface area contributed by atoms with E-state index in [0.29, 0.717) is 22.1 Å². The summed E-state index contributed by atoms with van der Waals surface area (Å²) in [6.45, 7) is 0. The Hall–Kier alpha value is -5.08. The molecule has 0 saturated heterocycles. The van der Waals surface area contributed by atoms with Crippen LogP contribution >= 0.6 is 0 Å². The number of nitrogens with zero attached hydrogens (tertiary/aromatic N) is 2. The minimum Gasteiger partial charge on any atom is -0.309 e. The summed E-state index contributed by atoms with van der Waals surface area (Å²) in [5.74, 6) is 0. The van der Waals surface area contributed by atoms with Crippen molar-refractivity contribution in [1.29, 1.82) is 0 Å². The Bertz CT molecular complexity index is 2450. The maximum absolute atomic E-state index is 8.66. The smallest absolute Gasteiger partial charge is 0.0645 e. The van der Waals surface area contributed by atoms with Gasteiger partial charge in [-0.15, -0.1) is 0 Å². The average Bonchev–Trinajstić information content (AvgIpc) is 3.60. The van der Waals surface area contributed by atoms with E-state index in [1.807, 2.05) is 84.9 Å². The highest BCUT2D eigenvalue weighted by molar-refractivity contribution is 6.12. The third-order valence-corrected chi connectivity index (χ3v) is 7.10. The zero-order chi connectivity index (χ0) is 33.8. The SMILES string of the molecule is [2H]c1c([2H])c([2H])c(-n2c3ccccc3c3cc(-c4ccc5c(c4)c4ccccc4n5-c4c([2H])c([2H])c([2H])c([2H])c4[2H])ccc32)c([2H])c1[2H]. The number of hydrogen-bond donors (Lipinski definition) is 0. The normalized spacial score (nSPS) is 15.4. The van der Waals surface area contributed by atoms with Gasteiger partial charge < -0.3 is 9.13 Å². The molecule has 0 unspecified atom stereocenters. The van der Waals surface area contributed by atoms with E-state index >= 15 is 0 Å². The number of fused-ring (bicyclic) bond motifs is 6. The second-order valence-corrected chi connectivity index (χ2v) is 9.12. The summed E-state index contributed by atoms with van der Waals surface area (Å²) < 4.78 is 87.3. The van der Waals surface area contributed by atoms with Gasteiger partial charge in [0.25, 0.3) is 0 Å². The first-order valence-corrected chi connectivity index (χ1v) is 12.2. The molecule has 2 heteroatoms. The second kappa shape index (κ2) is 8.22. The monoisotopic (exact) mass is 494 g/mol. The molecule has 8 rings (SSSR count). The van der Waals surface area contributed by atoms with E-state index in [9.17, 15) is 0 Å². The van der Waals surface area contributed by atoms with E-state index in [2.05, 4.69) is 0 Å². The molecule has 0 aliphatic heterocycles. The number of para-hydroxylation sites is 4. The van der Waals surface area contributed by atoms with Crippen molar-refractivity contribution < 1.29 is 13.7 Å². The molecule has 0 atom stereocenters. The van der Waals surface area contributed by atoms with Crippen LogP contribution in [-0.2, 0) is 0 Å². The Kier molecular flexibility index (Phi) is 2.91. The van der Waals surface area contributed by atoms with Gasteiger partial charge in [-0.2, -0.15) is 0 Å². The number of aromatic nitrogens is 2. The van der Waals surface area contributed by atoms with Crippen LogP contribution in [-0.4, -0.2) is 9.13 Å². The van der Waals surface area contributed by atoms with Crippen molar-refractivity contribution >= 4 is 43.6 Å². The highest BCUT2D eigenvalue weighted by atomic mass is 15.0. The molecule has 178 valence electrons. The first-order valence-electron chi connectivity index (χ1n) is 17.2. The highest BCUT2D eigenvalue weighted by Gasteiger charge is 2.15. The molecule has 0 amide bonds. The van der Waals surface area contributed by atoms with E-state index in [0.717, 1.165) is 32.7 Å². The van der Waals surface area contributed by atoms with Gasteiger partial charge in [-0.1, -0.05) is 84.8 Å². The van der Waals surface area contributed by atoms with Gasteiger partial charge in [0, 0.05) is 32.9 Å². The maximum atomic E-state index is 8.66. The van der Waals surface area contributed by atoms with Crippen LogP contribution in [0.4, 0.5) is 0 Å². The maximum Gasteiger partial charge on any atom is 0.0645 e. The molecule has 0 saturated carbocycles. The van der Waals surface area contributed by atoms with Gasteiger partial charge in [0.05, 0.1) is 35.8 Å². The summed E-state index contributed by atoms with van der Waals surface area (Å²) >= 11 is 0. The van der Waals surface area contributed by atoms with Crippen LogP contribution in [0.25, 0.3) is 66.1 Å². The van der Waals surface area contributed by atoms with E-state index < -0.39 is 36.3 Å². The van der Waals surface area contributed by atoms with E-state index in [-0.39, 0.29) is 35.5 Å². The quantitative estimate of drug-likeness (QED) is 0.231. The lowest BCUT2D eigenvalue weighted by Gasteiger charge is -2.09. The standard InChI is InChI=1S/C36H24N2/c1-3-11-27(12-4-1)37-33-17-9-7-15-29(33)31-23-25(19-21-35(31)37)26-20-22-36-32(24-26)30-16-8-10-18-34(30)38(36)28-13-5-2-6-14-28/h1-24H/i1D,2D,3D,4D,5D,6D,11D,12D,13D,14D. The molecule has 0 bridgehead atoms. The van der Waals surface area contributed by atoms with Crippen molar-refractivity contribution in [3.8, 4) is 22.5 Å². The van der Waals surface area contributed by atoms with Crippen molar-refractivity contribution in [1.82, 2.24) is 9.13 Å². The van der Waals surface area contributed by atoms with Crippen LogP contribution in [0.2, 0.25) is 0 Å². The second-order valence-electron chi connectivity index (χ2n) is 9.12. The van der Waals surface area contributed by atoms with E-state index in [1.165, 1.54) is 0 Å². The molecule has 2 aromatic heterocycles. The predicted molar refractivity (Wildman–Crippen MR) is 161 cm³/mol. The van der Waals surface area contributed by atoms with Gasteiger partial charge in [0.2, 0.25) is 0 Å². The minimum absolute atomic E-state index is 0.0850. The summed E-state index contributed by atoms with van der Waals surface area (Å²) in [6, 6.07) is 23.2. The molecule has 0 radical (unpaired) electrons. The topological polar surface area (TPSA) is 9.86 Å². The molecule has 0 spiro atoms. The van der Waals surface area contributed by atoms with Gasteiger partial charge >= 0.3 is 0 Å². The lowest BCUT2D eigenvalue weighted by Crippen LogP contribution is -1.93. The Balaban J connectivity index is 1.38. The number of benzene rings is 6. The van der Waals surface area contributed by atoms with Crippen molar-refractivity contribution in [2.24, 2.45) is 0 Å². The van der Waals surface area contributed by atoms with Crippen molar-refractivity contribution in [2.75, 3.05) is 0 Å². The summed E-state index contributed by atoms with van der Waals surface area (Å²) in [6.07, 6.45) is 0. The fourth-order valence-corrected chi connectivity index (χ4v) is 5.50. The Morgan fingerprint density at radius 1 is 0.395 bits per heavy atom. The first-order chi connectivity index (χ1) is 23.0. The summed E-state index contributed by atoms with van der Waals surface area (Å²) in [5, 5.41) is 3.41. The van der Waals surface area contributed by atoms with Gasteiger partial charge in [0.15, 0.2) is 0 Å². The van der Waals surface area contributed by atoms with Crippen molar-refractivity contribution in [3.05, 3.63) is 145 Å². The van der Waals surface area contributed by atoms with Crippen LogP contribution in [0.1, 0.15) is 13.7 Å². The van der Waals surface area contributed by atoms with Crippen LogP contribution < -0.4 is 0 Å². The zero-order valence-corrected chi connectivity index (χ0v) is 20.0. The van der Waals surface area contributed by atoms with Gasteiger partial charge in [-0.25, -0.2) is 0 Å². The Morgan fingerprint density at radius 3 is 1.24 bits per heavy atom. The van der Waals surface area contributed by atoms with Crippen LogP contribution in [0.3, 0.4) is 0 Å². The Labute approximate surface area is 234 Å². The molecule has 38 heavy (non-hydrogen) atoms. The zero-order valence-electron chi connectivity index (χ0n) is 30.0. The van der Waals surface area contributed by atoms with E-state index in [4.69, 9.17) is 13.7 Å². The van der Waals surface area contributed by atoms with Crippen LogP contribution in [0, 0.1) is 0 Å². The molecule has 8 aromatic rings. The molecule has 2 heterocycles. The minimum atomic E-state index is -0.444. The van der Waals surface area contributed by atoms with Crippen LogP contribution in [0.5, 0.6) is 0 Å². The molecule has 0 aliphatic rings. The Morgan fingerprint density at radius 2 is 0.789 bits per heavy atom. The molecule has 2 nitrogen and oxygen atoms in total. The predicted octanol–water partition coefficient (Wildman–Crippen LogP) is 9.55. The number of hydrogen-bond acceptors (Lipinski definition) is 0. The molecule has 0 fully saturated rings. The number of rotatable bonds is 3. The largest absolute Gasteiger partial charge is 0.309 e. The summed E-state index contributed by atoms with van der Waals surface area (Å²) in [5.41, 5.74) is 4.74. The average molecular weight is 495 g/mol. The van der Waals surface area contributed by atoms with Crippen molar-refractivity contribution in [3.63, 3.8) is 0 Å². The molecule has 0 N–H and O–H groups in total. The lowest BCUT2D eigenvalue weighted by atomic mass is 10.0. The molecule has 0 aliphatic carbocycles. The third-order valence-electron chi connectivity index (χ3n) is 7.10. The van der Waals surface area contributed by atoms with Gasteiger partial charge in [-0.05, 0) is 71.7 Å².